The van der Waals surface area contributed by atoms with Crippen molar-refractivity contribution in [2.45, 2.75) is 238 Å². The average molecular weight is 1320 g/mol. The van der Waals surface area contributed by atoms with E-state index in [1.807, 2.05) is 0 Å². The molecule has 0 saturated heterocycles. The number of phosphoric acid groups is 1. The highest BCUT2D eigenvalue weighted by Gasteiger charge is 2.26. The summed E-state index contributed by atoms with van der Waals surface area (Å²) < 4.78 is 33.1. The molecule has 95 heavy (non-hydrogen) atoms. The molecule has 0 aliphatic rings. The number of rotatable bonds is 64. The van der Waals surface area contributed by atoms with Crippen LogP contribution >= 0.6 is 7.82 Å². The van der Waals surface area contributed by atoms with Crippen LogP contribution in [0, 0.1) is 0 Å². The Kier molecular flexibility index (Phi) is 71.4. The molecule has 2 atom stereocenters. The van der Waals surface area contributed by atoms with Crippen LogP contribution in [0.4, 0.5) is 0 Å². The Hall–Kier alpha value is -6.45. The first-order valence-electron chi connectivity index (χ1n) is 36.2. The van der Waals surface area contributed by atoms with E-state index < -0.39 is 32.5 Å². The highest BCUT2D eigenvalue weighted by Crippen LogP contribution is 2.43. The Morgan fingerprint density at radius 1 is 0.316 bits per heavy atom. The van der Waals surface area contributed by atoms with Gasteiger partial charge in [0.15, 0.2) is 6.10 Å². The fourth-order valence-corrected chi connectivity index (χ4v) is 9.43. The summed E-state index contributed by atoms with van der Waals surface area (Å²) in [4.78, 5) is 35.4. The van der Waals surface area contributed by atoms with Gasteiger partial charge in [-0.1, -0.05) is 301 Å². The van der Waals surface area contributed by atoms with Gasteiger partial charge in [-0.2, -0.15) is 0 Å². The van der Waals surface area contributed by atoms with Gasteiger partial charge in [0.2, 0.25) is 0 Å². The molecule has 0 aliphatic heterocycles. The lowest BCUT2D eigenvalue weighted by molar-refractivity contribution is -0.161. The maximum absolute atomic E-state index is 12.8. The Morgan fingerprint density at radius 2 is 0.547 bits per heavy atom. The third-order valence-electron chi connectivity index (χ3n) is 13.9. The number of nitrogens with two attached hydrogens (primary N) is 1. The Bertz CT molecular complexity index is 2510. The van der Waals surface area contributed by atoms with E-state index >= 15 is 0 Å². The molecule has 0 saturated carbocycles. The van der Waals surface area contributed by atoms with E-state index in [0.29, 0.717) is 12.8 Å². The Morgan fingerprint density at radius 3 is 0.832 bits per heavy atom. The molecule has 10 heteroatoms. The second-order valence-electron chi connectivity index (χ2n) is 22.6. The lowest BCUT2D eigenvalue weighted by Gasteiger charge is -2.19. The smallest absolute Gasteiger partial charge is 0.462 e. The van der Waals surface area contributed by atoms with Gasteiger partial charge in [0.25, 0.3) is 0 Å². The minimum absolute atomic E-state index is 0.0300. The molecule has 0 radical (unpaired) electrons. The molecule has 0 bridgehead atoms. The van der Waals surface area contributed by atoms with Crippen molar-refractivity contribution in [2.24, 2.45) is 5.73 Å². The molecule has 0 aliphatic carbocycles. The molecule has 0 rings (SSSR count). The Labute approximate surface area is 579 Å². The number of ether oxygens (including phenoxy) is 2. The maximum Gasteiger partial charge on any atom is 0.472 e. The van der Waals surface area contributed by atoms with Crippen molar-refractivity contribution >= 4 is 19.8 Å². The van der Waals surface area contributed by atoms with Gasteiger partial charge in [-0.3, -0.25) is 18.6 Å². The number of esters is 2. The summed E-state index contributed by atoms with van der Waals surface area (Å²) in [5.74, 6) is -0.914. The van der Waals surface area contributed by atoms with E-state index in [4.69, 9.17) is 24.3 Å². The highest BCUT2D eigenvalue weighted by atomic mass is 31.2. The molecule has 526 valence electrons. The number of phosphoric ester groups is 1. The minimum Gasteiger partial charge on any atom is -0.462 e. The number of hydrogen-bond donors (Lipinski definition) is 2. The van der Waals surface area contributed by atoms with Gasteiger partial charge in [-0.25, -0.2) is 4.57 Å². The number of carbonyl (C=O) groups excluding carboxylic acids is 2. The number of unbranched alkanes of at least 4 members (excludes halogenated alkanes) is 9. The van der Waals surface area contributed by atoms with E-state index in [1.165, 1.54) is 19.3 Å². The highest BCUT2D eigenvalue weighted by molar-refractivity contribution is 7.47. The molecule has 0 aromatic carbocycles. The molecule has 0 fully saturated rings. The van der Waals surface area contributed by atoms with Gasteiger partial charge in [0.1, 0.15) is 6.61 Å². The molecule has 0 aromatic rings. The Balaban J connectivity index is 4.11. The van der Waals surface area contributed by atoms with Crippen LogP contribution in [0.25, 0.3) is 0 Å². The minimum atomic E-state index is -4.43. The zero-order chi connectivity index (χ0) is 68.6. The largest absolute Gasteiger partial charge is 0.472 e. The topological polar surface area (TPSA) is 134 Å². The fourth-order valence-electron chi connectivity index (χ4n) is 8.67. The number of hydrogen-bond acceptors (Lipinski definition) is 8. The zero-order valence-corrected chi connectivity index (χ0v) is 59.9. The first kappa shape index (κ1) is 88.5. The van der Waals surface area contributed by atoms with Crippen LogP contribution in [0.5, 0.6) is 0 Å². The van der Waals surface area contributed by atoms with Gasteiger partial charge < -0.3 is 20.1 Å². The van der Waals surface area contributed by atoms with Crippen molar-refractivity contribution in [1.29, 1.82) is 0 Å². The summed E-state index contributed by atoms with van der Waals surface area (Å²) in [6.45, 7) is 3.41. The summed E-state index contributed by atoms with van der Waals surface area (Å²) in [6, 6.07) is 0. The van der Waals surface area contributed by atoms with E-state index in [1.54, 1.807) is 0 Å². The van der Waals surface area contributed by atoms with Crippen molar-refractivity contribution < 1.29 is 37.6 Å². The standard InChI is InChI=1S/C85H128NO8P/c1-3-5-7-9-11-13-15-17-19-21-23-25-27-29-31-33-35-37-39-40-41-42-44-46-48-50-52-54-56-58-60-62-64-66-68-70-72-74-76-78-85(88)94-83(82-93-95(89,90)92-80-79-86)81-91-84(87)77-75-73-71-69-67-65-63-61-59-57-55-53-51-49-47-45-43-38-36-34-32-30-28-26-24-22-20-18-16-14-12-10-8-6-4-2/h5-8,11-14,17-20,23-26,29-32,35-38,40-41,44-47,50-53,56-59,62,64,68,70,83H,3-4,9-10,15-16,21-22,27-28,33-34,39,42-43,48-49,54-55,60-61,63,65-67,69,71-82,86H2,1-2H3,(H,89,90)/b7-5-,8-6-,13-11-,14-12-,19-17-,20-18-,25-23-,26-24-,31-29-,32-30-,37-35-,38-36-,41-40-,46-44-,47-45-,52-50-,53-51-,58-56-,59-57-,64-62-,70-68-. The first-order chi connectivity index (χ1) is 46.8. The molecular weight excluding hydrogens is 1190 g/mol. The van der Waals surface area contributed by atoms with Crippen LogP contribution in [0.2, 0.25) is 0 Å². The quantitative estimate of drug-likeness (QED) is 0.0264. The monoisotopic (exact) mass is 1320 g/mol. The second-order valence-corrected chi connectivity index (χ2v) is 24.1. The summed E-state index contributed by atoms with van der Waals surface area (Å²) in [5, 5.41) is 0. The molecule has 0 amide bonds. The molecule has 3 N–H and O–H groups in total. The summed E-state index contributed by atoms with van der Waals surface area (Å²) in [7, 11) is -4.43. The molecule has 0 aromatic heterocycles. The zero-order valence-electron chi connectivity index (χ0n) is 59.0. The van der Waals surface area contributed by atoms with Crippen LogP contribution < -0.4 is 5.73 Å². The van der Waals surface area contributed by atoms with Crippen molar-refractivity contribution in [2.75, 3.05) is 26.4 Å². The van der Waals surface area contributed by atoms with Crippen molar-refractivity contribution in [3.8, 4) is 0 Å². The second kappa shape index (κ2) is 76.6. The SMILES string of the molecule is CC/C=C\C/C=C\C/C=C\C/C=C\C/C=C\C/C=C\C/C=C\C/C=C\C/C=C\C/C=C\C/C=C\C/C=C\CCCCC(=O)OC(COC(=O)CCCCCCCCC/C=C\C/C=C\C/C=C\C/C=C\C/C=C\C/C=C\C/C=C\C/C=C\C/C=C\CC)COP(=O)(O)OCCN. The molecular formula is C85H128NO8P. The third kappa shape index (κ3) is 76.5. The van der Waals surface area contributed by atoms with Gasteiger partial charge in [-0.15, -0.1) is 0 Å². The predicted octanol–water partition coefficient (Wildman–Crippen LogP) is 24.5. The summed E-state index contributed by atoms with van der Waals surface area (Å²) in [5.41, 5.74) is 5.40. The van der Waals surface area contributed by atoms with Crippen LogP contribution in [0.15, 0.2) is 255 Å². The molecule has 9 nitrogen and oxygen atoms in total. The van der Waals surface area contributed by atoms with E-state index in [2.05, 4.69) is 269 Å². The van der Waals surface area contributed by atoms with Crippen molar-refractivity contribution in [1.82, 2.24) is 0 Å². The third-order valence-corrected chi connectivity index (χ3v) is 14.9. The van der Waals surface area contributed by atoms with Crippen LogP contribution in [-0.4, -0.2) is 49.3 Å². The summed E-state index contributed by atoms with van der Waals surface area (Å²) in [6.07, 6.45) is 124. The van der Waals surface area contributed by atoms with Crippen molar-refractivity contribution in [3.63, 3.8) is 0 Å². The van der Waals surface area contributed by atoms with Gasteiger partial charge in [-0.05, 0) is 173 Å². The van der Waals surface area contributed by atoms with E-state index in [0.717, 1.165) is 173 Å². The molecule has 0 heterocycles. The number of allylic oxidation sites excluding steroid dienone is 42. The molecule has 2 unspecified atom stereocenters. The van der Waals surface area contributed by atoms with Crippen molar-refractivity contribution in [3.05, 3.63) is 255 Å². The lowest BCUT2D eigenvalue weighted by atomic mass is 10.1. The maximum atomic E-state index is 12.8. The molecule has 0 spiro atoms. The fraction of sp³-hybridized carbons (Fsp3) is 0.482. The van der Waals surface area contributed by atoms with Crippen LogP contribution in [0.3, 0.4) is 0 Å². The first-order valence-corrected chi connectivity index (χ1v) is 37.7. The lowest BCUT2D eigenvalue weighted by Crippen LogP contribution is -2.29. The van der Waals surface area contributed by atoms with Gasteiger partial charge >= 0.3 is 19.8 Å². The van der Waals surface area contributed by atoms with Crippen LogP contribution in [0.1, 0.15) is 232 Å². The van der Waals surface area contributed by atoms with E-state index in [-0.39, 0.29) is 32.6 Å². The predicted molar refractivity (Wildman–Crippen MR) is 412 cm³/mol. The summed E-state index contributed by atoms with van der Waals surface area (Å²) >= 11 is 0. The normalized spacial score (nSPS) is 14.4. The van der Waals surface area contributed by atoms with Gasteiger partial charge in [0.05, 0.1) is 13.2 Å². The van der Waals surface area contributed by atoms with E-state index in [9.17, 15) is 19.0 Å². The van der Waals surface area contributed by atoms with Gasteiger partial charge in [0, 0.05) is 19.4 Å². The average Bonchev–Trinajstić information content (AvgIpc) is 3.16. The number of carbonyl (C=O) groups is 2. The van der Waals surface area contributed by atoms with Crippen LogP contribution in [-0.2, 0) is 32.7 Å².